The Morgan fingerprint density at radius 2 is 1.96 bits per heavy atom. The summed E-state index contributed by atoms with van der Waals surface area (Å²) in [5.74, 6) is 0.907. The van der Waals surface area contributed by atoms with Gasteiger partial charge in [0.1, 0.15) is 17.1 Å². The van der Waals surface area contributed by atoms with Crippen LogP contribution in [-0.2, 0) is 5.60 Å². The van der Waals surface area contributed by atoms with Gasteiger partial charge in [-0.25, -0.2) is 0 Å². The van der Waals surface area contributed by atoms with Crippen molar-refractivity contribution in [2.24, 2.45) is 0 Å². The molecule has 0 fully saturated rings. The Balaban J connectivity index is 1.70. The van der Waals surface area contributed by atoms with Crippen LogP contribution in [0.1, 0.15) is 28.8 Å². The number of carbonyl (C=O) groups is 1. The number of hydrogen-bond acceptors (Lipinski definition) is 3. The monoisotopic (exact) mass is 324 g/mol. The zero-order valence-corrected chi connectivity index (χ0v) is 13.7. The molecule has 0 aliphatic carbocycles. The third-order valence-electron chi connectivity index (χ3n) is 3.88. The summed E-state index contributed by atoms with van der Waals surface area (Å²) in [6.07, 6.45) is 3.84. The van der Waals surface area contributed by atoms with Crippen molar-refractivity contribution in [2.45, 2.75) is 19.4 Å². The smallest absolute Gasteiger partial charge is 0.251 e. The fraction of sp³-hybridized carbons (Fsp3) is 0.211. The van der Waals surface area contributed by atoms with Crippen molar-refractivity contribution < 1.29 is 14.3 Å². The summed E-state index contributed by atoms with van der Waals surface area (Å²) in [6, 6.07) is 14.7. The molecule has 1 aromatic carbocycles. The first-order valence-electron chi connectivity index (χ1n) is 7.77. The molecule has 2 N–H and O–H groups in total. The largest absolute Gasteiger partial charge is 0.463 e. The van der Waals surface area contributed by atoms with E-state index < -0.39 is 5.60 Å². The van der Waals surface area contributed by atoms with Crippen LogP contribution >= 0.6 is 0 Å². The lowest BCUT2D eigenvalue weighted by atomic mass is 10.0. The van der Waals surface area contributed by atoms with Crippen molar-refractivity contribution >= 4 is 5.91 Å². The molecule has 0 radical (unpaired) electrons. The number of nitrogens with zero attached hydrogens (tertiary/aromatic N) is 1. The molecule has 2 aromatic heterocycles. The minimum atomic E-state index is -1.26. The molecular formula is C19H20N2O3. The molecule has 1 atom stereocenters. The van der Waals surface area contributed by atoms with Crippen LogP contribution in [0.5, 0.6) is 0 Å². The Morgan fingerprint density at radius 1 is 1.21 bits per heavy atom. The van der Waals surface area contributed by atoms with Crippen LogP contribution in [0.4, 0.5) is 0 Å². The Kier molecular flexibility index (Phi) is 4.27. The maximum Gasteiger partial charge on any atom is 0.251 e. The van der Waals surface area contributed by atoms with Gasteiger partial charge >= 0.3 is 0 Å². The van der Waals surface area contributed by atoms with Crippen molar-refractivity contribution in [3.05, 3.63) is 78.0 Å². The summed E-state index contributed by atoms with van der Waals surface area (Å²) in [7, 11) is 0. The van der Waals surface area contributed by atoms with Crippen molar-refractivity contribution in [2.75, 3.05) is 6.54 Å². The number of rotatable bonds is 5. The third-order valence-corrected chi connectivity index (χ3v) is 3.88. The Labute approximate surface area is 140 Å². The van der Waals surface area contributed by atoms with Gasteiger partial charge in [0.15, 0.2) is 0 Å². The maximum atomic E-state index is 12.4. The van der Waals surface area contributed by atoms with Crippen LogP contribution in [0.25, 0.3) is 5.69 Å². The minimum Gasteiger partial charge on any atom is -0.463 e. The summed E-state index contributed by atoms with van der Waals surface area (Å²) < 4.78 is 7.38. The van der Waals surface area contributed by atoms with Crippen molar-refractivity contribution in [3.63, 3.8) is 0 Å². The van der Waals surface area contributed by atoms with Gasteiger partial charge in [0, 0.05) is 23.6 Å². The van der Waals surface area contributed by atoms with Crippen LogP contribution < -0.4 is 5.32 Å². The molecule has 0 aliphatic heterocycles. The lowest BCUT2D eigenvalue weighted by Gasteiger charge is -2.21. The van der Waals surface area contributed by atoms with E-state index in [1.54, 1.807) is 31.2 Å². The van der Waals surface area contributed by atoms with Crippen molar-refractivity contribution in [3.8, 4) is 5.69 Å². The normalized spacial score (nSPS) is 13.5. The lowest BCUT2D eigenvalue weighted by Crippen LogP contribution is -2.38. The van der Waals surface area contributed by atoms with E-state index in [1.165, 1.54) is 0 Å². The highest BCUT2D eigenvalue weighted by molar-refractivity contribution is 5.94. The average molecular weight is 324 g/mol. The lowest BCUT2D eigenvalue weighted by molar-refractivity contribution is 0.0323. The summed E-state index contributed by atoms with van der Waals surface area (Å²) in [5, 5.41) is 13.2. The van der Waals surface area contributed by atoms with Gasteiger partial charge in [-0.05, 0) is 56.3 Å². The second kappa shape index (κ2) is 6.37. The quantitative estimate of drug-likeness (QED) is 0.758. The highest BCUT2D eigenvalue weighted by Crippen LogP contribution is 2.22. The molecule has 0 saturated carbocycles. The number of hydrogen-bond donors (Lipinski definition) is 2. The average Bonchev–Trinajstić information content (AvgIpc) is 3.24. The number of benzene rings is 1. The summed E-state index contributed by atoms with van der Waals surface area (Å²) >= 11 is 0. The number of nitrogens with one attached hydrogen (secondary N) is 1. The highest BCUT2D eigenvalue weighted by Gasteiger charge is 2.27. The standard InChI is InChI=1S/C19H20N2O3/c1-14-8-9-17(24-14)19(2,23)13-20-18(22)15-6-5-7-16(12-15)21-10-3-4-11-21/h3-12,23H,13H2,1-2H3,(H,20,22). The zero-order valence-electron chi connectivity index (χ0n) is 13.7. The molecule has 1 amide bonds. The van der Waals surface area contributed by atoms with Gasteiger partial charge in [-0.1, -0.05) is 6.07 Å². The highest BCUT2D eigenvalue weighted by atomic mass is 16.4. The molecule has 3 aromatic rings. The molecular weight excluding hydrogens is 304 g/mol. The van der Waals surface area contributed by atoms with Crippen molar-refractivity contribution in [1.82, 2.24) is 9.88 Å². The van der Waals surface area contributed by atoms with Gasteiger partial charge in [-0.2, -0.15) is 0 Å². The maximum absolute atomic E-state index is 12.4. The van der Waals surface area contributed by atoms with Gasteiger partial charge in [-0.15, -0.1) is 0 Å². The topological polar surface area (TPSA) is 67.4 Å². The Morgan fingerprint density at radius 3 is 2.62 bits per heavy atom. The first kappa shape index (κ1) is 16.1. The predicted molar refractivity (Wildman–Crippen MR) is 91.1 cm³/mol. The Bertz CT molecular complexity index is 832. The van der Waals surface area contributed by atoms with Crippen LogP contribution in [-0.4, -0.2) is 22.1 Å². The van der Waals surface area contributed by atoms with Crippen LogP contribution in [0, 0.1) is 6.92 Å². The SMILES string of the molecule is Cc1ccc(C(C)(O)CNC(=O)c2cccc(-n3cccc3)c2)o1. The fourth-order valence-electron chi connectivity index (χ4n) is 2.48. The first-order chi connectivity index (χ1) is 11.5. The number of aromatic nitrogens is 1. The molecule has 5 nitrogen and oxygen atoms in total. The van der Waals surface area contributed by atoms with E-state index in [0.717, 1.165) is 11.4 Å². The number of aryl methyl sites for hydroxylation is 1. The number of aliphatic hydroxyl groups is 1. The molecule has 124 valence electrons. The fourth-order valence-corrected chi connectivity index (χ4v) is 2.48. The van der Waals surface area contributed by atoms with Gasteiger partial charge in [0.2, 0.25) is 0 Å². The second-order valence-electron chi connectivity index (χ2n) is 6.01. The molecule has 5 heteroatoms. The molecule has 0 spiro atoms. The Hall–Kier alpha value is -2.79. The van der Waals surface area contributed by atoms with Crippen molar-refractivity contribution in [1.29, 1.82) is 0 Å². The van der Waals surface area contributed by atoms with E-state index in [9.17, 15) is 9.90 Å². The van der Waals surface area contributed by atoms with E-state index in [4.69, 9.17) is 4.42 Å². The van der Waals surface area contributed by atoms with E-state index in [0.29, 0.717) is 11.3 Å². The number of carbonyl (C=O) groups excluding carboxylic acids is 1. The van der Waals surface area contributed by atoms with Gasteiger partial charge in [0.05, 0.1) is 6.54 Å². The summed E-state index contributed by atoms with van der Waals surface area (Å²) in [5.41, 5.74) is 0.177. The van der Waals surface area contributed by atoms with Gasteiger partial charge in [-0.3, -0.25) is 4.79 Å². The molecule has 2 heterocycles. The van der Waals surface area contributed by atoms with Gasteiger partial charge < -0.3 is 19.4 Å². The number of furan rings is 1. The molecule has 3 rings (SSSR count). The molecule has 0 bridgehead atoms. The first-order valence-corrected chi connectivity index (χ1v) is 7.77. The zero-order chi connectivity index (χ0) is 17.2. The van der Waals surface area contributed by atoms with Crippen LogP contribution in [0.2, 0.25) is 0 Å². The minimum absolute atomic E-state index is 0.0620. The van der Waals surface area contributed by atoms with Crippen LogP contribution in [0.3, 0.4) is 0 Å². The molecule has 24 heavy (non-hydrogen) atoms. The van der Waals surface area contributed by atoms with E-state index in [1.807, 2.05) is 48.1 Å². The summed E-state index contributed by atoms with van der Waals surface area (Å²) in [4.78, 5) is 12.4. The molecule has 0 aliphatic rings. The molecule has 1 unspecified atom stereocenters. The second-order valence-corrected chi connectivity index (χ2v) is 6.01. The van der Waals surface area contributed by atoms with E-state index in [-0.39, 0.29) is 12.5 Å². The third kappa shape index (κ3) is 3.41. The van der Waals surface area contributed by atoms with E-state index in [2.05, 4.69) is 5.32 Å². The van der Waals surface area contributed by atoms with E-state index >= 15 is 0 Å². The number of amides is 1. The molecule has 0 saturated heterocycles. The predicted octanol–water partition coefficient (Wildman–Crippen LogP) is 3.02. The van der Waals surface area contributed by atoms with Gasteiger partial charge in [0.25, 0.3) is 5.91 Å². The van der Waals surface area contributed by atoms with Crippen LogP contribution in [0.15, 0.2) is 65.3 Å². The summed E-state index contributed by atoms with van der Waals surface area (Å²) in [6.45, 7) is 3.49.